The number of furan rings is 1. The van der Waals surface area contributed by atoms with Gasteiger partial charge in [-0.1, -0.05) is 0 Å². The van der Waals surface area contributed by atoms with Gasteiger partial charge in [0, 0.05) is 29.8 Å². The van der Waals surface area contributed by atoms with Crippen molar-refractivity contribution < 1.29 is 4.42 Å². The van der Waals surface area contributed by atoms with Crippen LogP contribution in [0.5, 0.6) is 0 Å². The standard InChI is InChI=1S/C12H14BrN3O/c1-8-9(3-4-17-8)7-16(2)12-11(14)5-10(13)6-15-12/h3-6H,7,14H2,1-2H3. The van der Waals surface area contributed by atoms with Crippen LogP contribution in [0, 0.1) is 6.92 Å². The molecule has 2 aromatic rings. The highest BCUT2D eigenvalue weighted by Crippen LogP contribution is 2.24. The minimum atomic E-state index is 0.656. The van der Waals surface area contributed by atoms with E-state index in [1.54, 1.807) is 12.5 Å². The highest BCUT2D eigenvalue weighted by molar-refractivity contribution is 9.10. The van der Waals surface area contributed by atoms with Gasteiger partial charge in [0.05, 0.1) is 12.0 Å². The van der Waals surface area contributed by atoms with Gasteiger partial charge in [0.1, 0.15) is 5.76 Å². The first kappa shape index (κ1) is 12.0. The second-order valence-corrected chi connectivity index (χ2v) is 4.84. The summed E-state index contributed by atoms with van der Waals surface area (Å²) in [6.45, 7) is 2.67. The van der Waals surface area contributed by atoms with Gasteiger partial charge in [0.2, 0.25) is 0 Å². The zero-order chi connectivity index (χ0) is 12.4. The molecular weight excluding hydrogens is 282 g/mol. The number of nitrogens with zero attached hydrogens (tertiary/aromatic N) is 2. The van der Waals surface area contributed by atoms with Crippen molar-refractivity contribution in [2.24, 2.45) is 0 Å². The summed E-state index contributed by atoms with van der Waals surface area (Å²) < 4.78 is 6.15. The molecule has 2 rings (SSSR count). The number of hydrogen-bond donors (Lipinski definition) is 1. The molecule has 0 aromatic carbocycles. The van der Waals surface area contributed by atoms with E-state index in [0.29, 0.717) is 5.69 Å². The van der Waals surface area contributed by atoms with Crippen molar-refractivity contribution in [1.29, 1.82) is 0 Å². The molecule has 0 unspecified atom stereocenters. The van der Waals surface area contributed by atoms with Crippen molar-refractivity contribution in [3.05, 3.63) is 40.4 Å². The Kier molecular flexibility index (Phi) is 3.38. The molecule has 0 amide bonds. The highest BCUT2D eigenvalue weighted by atomic mass is 79.9. The number of nitrogens with two attached hydrogens (primary N) is 1. The van der Waals surface area contributed by atoms with Gasteiger partial charge < -0.3 is 15.1 Å². The van der Waals surface area contributed by atoms with Crippen LogP contribution in [0.2, 0.25) is 0 Å². The summed E-state index contributed by atoms with van der Waals surface area (Å²) in [5, 5.41) is 0. The van der Waals surface area contributed by atoms with Crippen LogP contribution in [0.1, 0.15) is 11.3 Å². The Morgan fingerprint density at radius 3 is 2.88 bits per heavy atom. The van der Waals surface area contributed by atoms with Gasteiger partial charge in [-0.25, -0.2) is 4.98 Å². The molecule has 17 heavy (non-hydrogen) atoms. The number of halogens is 1. The van der Waals surface area contributed by atoms with Crippen LogP contribution in [-0.4, -0.2) is 12.0 Å². The molecule has 0 aliphatic heterocycles. The van der Waals surface area contributed by atoms with Gasteiger partial charge in [-0.3, -0.25) is 0 Å². The fraction of sp³-hybridized carbons (Fsp3) is 0.250. The summed E-state index contributed by atoms with van der Waals surface area (Å²) in [5.41, 5.74) is 7.72. The molecule has 0 aliphatic carbocycles. The maximum Gasteiger partial charge on any atom is 0.151 e. The van der Waals surface area contributed by atoms with Crippen LogP contribution in [0.25, 0.3) is 0 Å². The molecule has 5 heteroatoms. The molecule has 0 fully saturated rings. The van der Waals surface area contributed by atoms with Gasteiger partial charge in [0.15, 0.2) is 5.82 Å². The Morgan fingerprint density at radius 2 is 2.29 bits per heavy atom. The van der Waals surface area contributed by atoms with Crippen LogP contribution in [-0.2, 0) is 6.54 Å². The first-order valence-electron chi connectivity index (χ1n) is 5.23. The van der Waals surface area contributed by atoms with E-state index in [2.05, 4.69) is 20.9 Å². The predicted octanol–water partition coefficient (Wildman–Crippen LogP) is 2.96. The van der Waals surface area contributed by atoms with E-state index in [1.165, 1.54) is 0 Å². The SMILES string of the molecule is Cc1occc1CN(C)c1ncc(Br)cc1N. The second-order valence-electron chi connectivity index (χ2n) is 3.92. The lowest BCUT2D eigenvalue weighted by molar-refractivity contribution is 0.529. The second kappa shape index (κ2) is 4.79. The number of aryl methyl sites for hydroxylation is 1. The minimum Gasteiger partial charge on any atom is -0.469 e. The van der Waals surface area contributed by atoms with Gasteiger partial charge in [-0.15, -0.1) is 0 Å². The smallest absolute Gasteiger partial charge is 0.151 e. The molecule has 2 aromatic heterocycles. The van der Waals surface area contributed by atoms with Crippen LogP contribution >= 0.6 is 15.9 Å². The molecule has 0 spiro atoms. The highest BCUT2D eigenvalue weighted by Gasteiger charge is 2.10. The number of aromatic nitrogens is 1. The van der Waals surface area contributed by atoms with E-state index in [9.17, 15) is 0 Å². The molecule has 0 saturated carbocycles. The van der Waals surface area contributed by atoms with Crippen molar-refractivity contribution in [3.8, 4) is 0 Å². The molecular formula is C12H14BrN3O. The van der Waals surface area contributed by atoms with E-state index in [4.69, 9.17) is 10.2 Å². The third-order valence-corrected chi connectivity index (χ3v) is 3.03. The monoisotopic (exact) mass is 295 g/mol. The van der Waals surface area contributed by atoms with E-state index in [-0.39, 0.29) is 0 Å². The molecule has 2 heterocycles. The quantitative estimate of drug-likeness (QED) is 0.946. The molecule has 0 atom stereocenters. The minimum absolute atomic E-state index is 0.656. The maximum atomic E-state index is 5.93. The summed E-state index contributed by atoms with van der Waals surface area (Å²) in [5.74, 6) is 1.70. The third kappa shape index (κ3) is 2.61. The zero-order valence-corrected chi connectivity index (χ0v) is 11.4. The average Bonchev–Trinajstić information content (AvgIpc) is 2.64. The number of rotatable bonds is 3. The van der Waals surface area contributed by atoms with Crippen molar-refractivity contribution in [3.63, 3.8) is 0 Å². The number of anilines is 2. The first-order chi connectivity index (χ1) is 8.08. The zero-order valence-electron chi connectivity index (χ0n) is 9.77. The Balaban J connectivity index is 2.20. The summed E-state index contributed by atoms with van der Waals surface area (Å²) in [7, 11) is 1.96. The molecule has 0 aliphatic rings. The summed E-state index contributed by atoms with van der Waals surface area (Å²) in [4.78, 5) is 6.31. The van der Waals surface area contributed by atoms with Crippen LogP contribution < -0.4 is 10.6 Å². The Bertz CT molecular complexity index is 524. The van der Waals surface area contributed by atoms with E-state index in [0.717, 1.165) is 28.2 Å². The maximum absolute atomic E-state index is 5.93. The third-order valence-electron chi connectivity index (χ3n) is 2.60. The molecule has 0 saturated heterocycles. The Hall–Kier alpha value is -1.49. The average molecular weight is 296 g/mol. The summed E-state index contributed by atoms with van der Waals surface area (Å²) in [6, 6.07) is 3.81. The summed E-state index contributed by atoms with van der Waals surface area (Å²) >= 11 is 3.34. The van der Waals surface area contributed by atoms with Crippen molar-refractivity contribution in [2.45, 2.75) is 13.5 Å². The lowest BCUT2D eigenvalue weighted by Gasteiger charge is -2.19. The van der Waals surface area contributed by atoms with Crippen LogP contribution in [0.3, 0.4) is 0 Å². The van der Waals surface area contributed by atoms with E-state index < -0.39 is 0 Å². The topological polar surface area (TPSA) is 55.3 Å². The fourth-order valence-corrected chi connectivity index (χ4v) is 2.02. The Morgan fingerprint density at radius 1 is 1.53 bits per heavy atom. The molecule has 90 valence electrons. The van der Waals surface area contributed by atoms with Crippen LogP contribution in [0.15, 0.2) is 33.5 Å². The molecule has 2 N–H and O–H groups in total. The molecule has 0 radical (unpaired) electrons. The predicted molar refractivity (Wildman–Crippen MR) is 71.9 cm³/mol. The normalized spacial score (nSPS) is 10.5. The number of pyridine rings is 1. The molecule has 4 nitrogen and oxygen atoms in total. The number of hydrogen-bond acceptors (Lipinski definition) is 4. The van der Waals surface area contributed by atoms with E-state index in [1.807, 2.05) is 31.0 Å². The van der Waals surface area contributed by atoms with E-state index >= 15 is 0 Å². The fourth-order valence-electron chi connectivity index (χ4n) is 1.67. The van der Waals surface area contributed by atoms with Crippen molar-refractivity contribution in [1.82, 2.24) is 4.98 Å². The van der Waals surface area contributed by atoms with Crippen LogP contribution in [0.4, 0.5) is 11.5 Å². The molecule has 0 bridgehead atoms. The Labute approximate surface area is 109 Å². The van der Waals surface area contributed by atoms with Gasteiger partial charge in [0.25, 0.3) is 0 Å². The summed E-state index contributed by atoms with van der Waals surface area (Å²) in [6.07, 6.45) is 3.43. The largest absolute Gasteiger partial charge is 0.469 e. The van der Waals surface area contributed by atoms with Gasteiger partial charge in [-0.2, -0.15) is 0 Å². The lowest BCUT2D eigenvalue weighted by atomic mass is 10.2. The van der Waals surface area contributed by atoms with Crippen molar-refractivity contribution in [2.75, 3.05) is 17.7 Å². The van der Waals surface area contributed by atoms with Crippen molar-refractivity contribution >= 4 is 27.4 Å². The number of nitrogen functional groups attached to an aromatic ring is 1. The lowest BCUT2D eigenvalue weighted by Crippen LogP contribution is -2.19. The first-order valence-corrected chi connectivity index (χ1v) is 6.02. The van der Waals surface area contributed by atoms with Gasteiger partial charge >= 0.3 is 0 Å². The van der Waals surface area contributed by atoms with Gasteiger partial charge in [-0.05, 0) is 35.0 Å².